The summed E-state index contributed by atoms with van der Waals surface area (Å²) >= 11 is 0. The number of carbonyl (C=O) groups excluding carboxylic acids is 1. The zero-order valence-corrected chi connectivity index (χ0v) is 17.6. The normalized spacial score (nSPS) is 10.9. The SMILES string of the molecule is CCOc1cc(-c2cncc(C)c2)nc2cc(C(=O)NCCCc3nnc[nH]3)ccc12. The number of aromatic nitrogens is 5. The van der Waals surface area contributed by atoms with Gasteiger partial charge in [0.15, 0.2) is 0 Å². The van der Waals surface area contributed by atoms with Crippen LogP contribution in [0.4, 0.5) is 0 Å². The van der Waals surface area contributed by atoms with Gasteiger partial charge in [-0.25, -0.2) is 4.98 Å². The van der Waals surface area contributed by atoms with Crippen molar-refractivity contribution in [1.29, 1.82) is 0 Å². The number of hydrogen-bond donors (Lipinski definition) is 2. The second-order valence-electron chi connectivity index (χ2n) is 7.22. The molecule has 0 radical (unpaired) electrons. The Morgan fingerprint density at radius 2 is 2.10 bits per heavy atom. The third kappa shape index (κ3) is 4.85. The summed E-state index contributed by atoms with van der Waals surface area (Å²) in [6.07, 6.45) is 6.63. The van der Waals surface area contributed by atoms with E-state index in [9.17, 15) is 4.79 Å². The lowest BCUT2D eigenvalue weighted by molar-refractivity contribution is 0.0953. The molecule has 8 heteroatoms. The fourth-order valence-corrected chi connectivity index (χ4v) is 3.37. The number of hydrogen-bond acceptors (Lipinski definition) is 6. The fourth-order valence-electron chi connectivity index (χ4n) is 3.37. The lowest BCUT2D eigenvalue weighted by atomic mass is 10.1. The van der Waals surface area contributed by atoms with Gasteiger partial charge in [0.2, 0.25) is 0 Å². The number of nitrogens with zero attached hydrogens (tertiary/aromatic N) is 4. The van der Waals surface area contributed by atoms with Gasteiger partial charge in [0.25, 0.3) is 5.91 Å². The van der Waals surface area contributed by atoms with Crippen LogP contribution < -0.4 is 10.1 Å². The molecule has 2 N–H and O–H groups in total. The Balaban J connectivity index is 1.56. The third-order valence-electron chi connectivity index (χ3n) is 4.85. The second-order valence-corrected chi connectivity index (χ2v) is 7.22. The number of fused-ring (bicyclic) bond motifs is 1. The van der Waals surface area contributed by atoms with E-state index in [-0.39, 0.29) is 5.91 Å². The van der Waals surface area contributed by atoms with E-state index in [1.165, 1.54) is 0 Å². The average molecular weight is 416 g/mol. The van der Waals surface area contributed by atoms with E-state index in [1.807, 2.05) is 32.0 Å². The third-order valence-corrected chi connectivity index (χ3v) is 4.85. The van der Waals surface area contributed by atoms with Crippen molar-refractivity contribution < 1.29 is 9.53 Å². The summed E-state index contributed by atoms with van der Waals surface area (Å²) in [7, 11) is 0. The van der Waals surface area contributed by atoms with Gasteiger partial charge in [-0.05, 0) is 50.1 Å². The lowest BCUT2D eigenvalue weighted by Crippen LogP contribution is -2.24. The van der Waals surface area contributed by atoms with Gasteiger partial charge in [-0.2, -0.15) is 0 Å². The number of carbonyl (C=O) groups is 1. The summed E-state index contributed by atoms with van der Waals surface area (Å²) < 4.78 is 5.85. The van der Waals surface area contributed by atoms with Crippen LogP contribution in [0.15, 0.2) is 49.1 Å². The van der Waals surface area contributed by atoms with Crippen molar-refractivity contribution in [2.75, 3.05) is 13.2 Å². The van der Waals surface area contributed by atoms with Crippen LogP contribution in [0.25, 0.3) is 22.2 Å². The molecule has 0 bridgehead atoms. The van der Waals surface area contributed by atoms with E-state index in [0.717, 1.165) is 46.6 Å². The average Bonchev–Trinajstić information content (AvgIpc) is 3.30. The Labute approximate surface area is 180 Å². The zero-order chi connectivity index (χ0) is 21.6. The Hall–Kier alpha value is -3.81. The van der Waals surface area contributed by atoms with Crippen molar-refractivity contribution in [3.8, 4) is 17.0 Å². The number of benzene rings is 1. The highest BCUT2D eigenvalue weighted by molar-refractivity contribution is 5.99. The number of amides is 1. The van der Waals surface area contributed by atoms with Gasteiger partial charge in [0.1, 0.15) is 17.9 Å². The van der Waals surface area contributed by atoms with Crippen LogP contribution in [-0.2, 0) is 6.42 Å². The molecule has 0 spiro atoms. The van der Waals surface area contributed by atoms with Gasteiger partial charge < -0.3 is 15.0 Å². The first kappa shape index (κ1) is 20.5. The molecule has 31 heavy (non-hydrogen) atoms. The highest BCUT2D eigenvalue weighted by atomic mass is 16.5. The first-order chi connectivity index (χ1) is 15.1. The molecular formula is C23H24N6O2. The molecule has 0 aliphatic heterocycles. The van der Waals surface area contributed by atoms with Gasteiger partial charge in [-0.3, -0.25) is 9.78 Å². The van der Waals surface area contributed by atoms with E-state index in [4.69, 9.17) is 9.72 Å². The molecule has 1 aromatic carbocycles. The van der Waals surface area contributed by atoms with Gasteiger partial charge in [0.05, 0.1) is 17.8 Å². The van der Waals surface area contributed by atoms with E-state index >= 15 is 0 Å². The first-order valence-corrected chi connectivity index (χ1v) is 10.3. The summed E-state index contributed by atoms with van der Waals surface area (Å²) in [4.78, 5) is 24.6. The van der Waals surface area contributed by atoms with Crippen LogP contribution in [-0.4, -0.2) is 44.2 Å². The summed E-state index contributed by atoms with van der Waals surface area (Å²) in [6, 6.07) is 9.44. The highest BCUT2D eigenvalue weighted by Crippen LogP contribution is 2.30. The number of rotatable bonds is 8. The Bertz CT molecular complexity index is 1190. The van der Waals surface area contributed by atoms with Gasteiger partial charge in [0, 0.05) is 47.9 Å². The number of pyridine rings is 2. The van der Waals surface area contributed by atoms with Crippen LogP contribution in [0.5, 0.6) is 5.75 Å². The molecule has 0 fully saturated rings. The molecular weight excluding hydrogens is 392 g/mol. The quantitative estimate of drug-likeness (QED) is 0.426. The molecule has 8 nitrogen and oxygen atoms in total. The molecule has 158 valence electrons. The van der Waals surface area contributed by atoms with Gasteiger partial charge in [-0.1, -0.05) is 0 Å². The van der Waals surface area contributed by atoms with E-state index < -0.39 is 0 Å². The Morgan fingerprint density at radius 3 is 2.87 bits per heavy atom. The largest absolute Gasteiger partial charge is 0.493 e. The molecule has 0 aliphatic carbocycles. The fraction of sp³-hybridized carbons (Fsp3) is 0.261. The van der Waals surface area contributed by atoms with Crippen LogP contribution in [0.1, 0.15) is 35.1 Å². The summed E-state index contributed by atoms with van der Waals surface area (Å²) in [6.45, 7) is 5.02. The molecule has 4 rings (SSSR count). The minimum atomic E-state index is -0.137. The molecule has 0 saturated heterocycles. The smallest absolute Gasteiger partial charge is 0.251 e. The summed E-state index contributed by atoms with van der Waals surface area (Å²) in [5.74, 6) is 1.41. The Morgan fingerprint density at radius 1 is 1.19 bits per heavy atom. The first-order valence-electron chi connectivity index (χ1n) is 10.3. The molecule has 1 amide bonds. The molecule has 3 heterocycles. The van der Waals surface area contributed by atoms with Crippen LogP contribution in [0.2, 0.25) is 0 Å². The van der Waals surface area contributed by atoms with Crippen molar-refractivity contribution in [3.63, 3.8) is 0 Å². The lowest BCUT2D eigenvalue weighted by Gasteiger charge is -2.12. The minimum absolute atomic E-state index is 0.137. The predicted molar refractivity (Wildman–Crippen MR) is 118 cm³/mol. The monoisotopic (exact) mass is 416 g/mol. The number of ether oxygens (including phenoxy) is 1. The van der Waals surface area contributed by atoms with Crippen molar-refractivity contribution in [2.24, 2.45) is 0 Å². The van der Waals surface area contributed by atoms with E-state index in [0.29, 0.717) is 24.2 Å². The van der Waals surface area contributed by atoms with Crippen LogP contribution in [0, 0.1) is 6.92 Å². The zero-order valence-electron chi connectivity index (χ0n) is 17.6. The standard InChI is InChI=1S/C23H24N6O2/c1-3-31-21-11-19(17-9-15(2)12-24-13-17)28-20-10-16(6-7-18(20)21)23(30)25-8-4-5-22-26-14-27-29-22/h6-7,9-14H,3-5,8H2,1-2H3,(H,25,30)(H,26,27,29). The topological polar surface area (TPSA) is 106 Å². The maximum Gasteiger partial charge on any atom is 0.251 e. The van der Waals surface area contributed by atoms with E-state index in [2.05, 4.69) is 25.5 Å². The minimum Gasteiger partial charge on any atom is -0.493 e. The predicted octanol–water partition coefficient (Wildman–Crippen LogP) is 3.48. The molecule has 0 unspecified atom stereocenters. The number of aromatic amines is 1. The van der Waals surface area contributed by atoms with Crippen LogP contribution in [0.3, 0.4) is 0 Å². The number of nitrogens with one attached hydrogen (secondary N) is 2. The van der Waals surface area contributed by atoms with Crippen molar-refractivity contribution in [1.82, 2.24) is 30.5 Å². The Kier molecular flexibility index (Phi) is 6.16. The van der Waals surface area contributed by atoms with Crippen molar-refractivity contribution in [2.45, 2.75) is 26.7 Å². The molecule has 0 atom stereocenters. The van der Waals surface area contributed by atoms with Crippen molar-refractivity contribution in [3.05, 3.63) is 66.0 Å². The highest BCUT2D eigenvalue weighted by Gasteiger charge is 2.13. The van der Waals surface area contributed by atoms with Gasteiger partial charge in [-0.15, -0.1) is 10.2 Å². The van der Waals surface area contributed by atoms with Crippen molar-refractivity contribution >= 4 is 16.8 Å². The van der Waals surface area contributed by atoms with Crippen LogP contribution >= 0.6 is 0 Å². The number of H-pyrrole nitrogens is 1. The summed E-state index contributed by atoms with van der Waals surface area (Å²) in [5.41, 5.74) is 3.98. The number of aryl methyl sites for hydroxylation is 2. The maximum absolute atomic E-state index is 12.6. The van der Waals surface area contributed by atoms with Gasteiger partial charge >= 0.3 is 0 Å². The second kappa shape index (κ2) is 9.34. The molecule has 3 aromatic heterocycles. The molecule has 4 aromatic rings. The molecule has 0 aliphatic rings. The molecule has 0 saturated carbocycles. The maximum atomic E-state index is 12.6. The summed E-state index contributed by atoms with van der Waals surface area (Å²) in [5, 5.41) is 11.5. The van der Waals surface area contributed by atoms with E-state index in [1.54, 1.807) is 30.9 Å².